The topological polar surface area (TPSA) is 18.5 Å². The average molecular weight is 99.1 g/mol. The molecule has 0 aromatic heterocycles. The van der Waals surface area contributed by atoms with Gasteiger partial charge in [-0.25, -0.2) is 0 Å². The summed E-state index contributed by atoms with van der Waals surface area (Å²) in [6.45, 7) is 0. The standard InChI is InChI=1S/C5H7O2/c1-4-5(6-2)7-3/h5H,2-3H3. The van der Waals surface area contributed by atoms with E-state index >= 15 is 0 Å². The molecule has 0 unspecified atom stereocenters. The van der Waals surface area contributed by atoms with Gasteiger partial charge in [0.05, 0.1) is 0 Å². The van der Waals surface area contributed by atoms with E-state index in [0.717, 1.165) is 0 Å². The third kappa shape index (κ3) is 2.21. The first-order valence-corrected chi connectivity index (χ1v) is 1.83. The molecule has 7 heavy (non-hydrogen) atoms. The highest BCUT2D eigenvalue weighted by Crippen LogP contribution is 1.83. The predicted molar refractivity (Wildman–Crippen MR) is 24.9 cm³/mol. The summed E-state index contributed by atoms with van der Waals surface area (Å²) in [7, 11) is 2.91. The molecule has 0 atom stereocenters. The van der Waals surface area contributed by atoms with Crippen LogP contribution in [0.25, 0.3) is 0 Å². The van der Waals surface area contributed by atoms with E-state index in [-0.39, 0.29) is 0 Å². The second-order valence-electron chi connectivity index (χ2n) is 0.948. The molecule has 1 radical (unpaired) electrons. The third-order valence-electron chi connectivity index (χ3n) is 0.546. The lowest BCUT2D eigenvalue weighted by Crippen LogP contribution is -2.08. The summed E-state index contributed by atoms with van der Waals surface area (Å²) in [6.07, 6.45) is 5.86. The van der Waals surface area contributed by atoms with Gasteiger partial charge in [-0.3, -0.25) is 0 Å². The molecule has 0 aromatic rings. The Morgan fingerprint density at radius 2 is 1.86 bits per heavy atom. The first-order chi connectivity index (χ1) is 3.35. The summed E-state index contributed by atoms with van der Waals surface area (Å²) in [5.41, 5.74) is 0. The minimum atomic E-state index is -0.597. The predicted octanol–water partition coefficient (Wildman–Crippen LogP) is 0.195. The van der Waals surface area contributed by atoms with E-state index in [1.165, 1.54) is 14.2 Å². The lowest BCUT2D eigenvalue weighted by molar-refractivity contribution is -0.0596. The van der Waals surface area contributed by atoms with Crippen LogP contribution in [-0.4, -0.2) is 20.5 Å². The van der Waals surface area contributed by atoms with Gasteiger partial charge in [0.25, 0.3) is 0 Å². The largest absolute Gasteiger partial charge is 0.345 e. The van der Waals surface area contributed by atoms with E-state index in [1.54, 1.807) is 0 Å². The maximum absolute atomic E-state index is 6.46. The Hall–Kier alpha value is -0.520. The Labute approximate surface area is 43.4 Å². The second kappa shape index (κ2) is 3.66. The van der Waals surface area contributed by atoms with Crippen molar-refractivity contribution >= 4 is 0 Å². The fraction of sp³-hybridized carbons (Fsp3) is 0.600. The zero-order valence-electron chi connectivity index (χ0n) is 4.39. The minimum Gasteiger partial charge on any atom is -0.345 e. The van der Waals surface area contributed by atoms with Crippen molar-refractivity contribution in [3.05, 3.63) is 6.42 Å². The van der Waals surface area contributed by atoms with Crippen molar-refractivity contribution < 1.29 is 9.47 Å². The number of methoxy groups -OCH3 is 2. The van der Waals surface area contributed by atoms with Crippen molar-refractivity contribution in [1.82, 2.24) is 0 Å². The Bertz CT molecular complexity index is 68.6. The average Bonchev–Trinajstić information content (AvgIpc) is 1.72. The van der Waals surface area contributed by atoms with Crippen LogP contribution in [0.15, 0.2) is 0 Å². The lowest BCUT2D eigenvalue weighted by atomic mass is 10.7. The first-order valence-electron chi connectivity index (χ1n) is 1.83. The highest BCUT2D eigenvalue weighted by Gasteiger charge is 1.93. The van der Waals surface area contributed by atoms with Gasteiger partial charge in [0.2, 0.25) is 6.29 Å². The molecule has 0 spiro atoms. The monoisotopic (exact) mass is 99.0 g/mol. The van der Waals surface area contributed by atoms with Crippen molar-refractivity contribution in [3.8, 4) is 5.92 Å². The van der Waals surface area contributed by atoms with Crippen molar-refractivity contribution in [2.45, 2.75) is 6.29 Å². The molecule has 0 bridgehead atoms. The number of rotatable bonds is 2. The van der Waals surface area contributed by atoms with Gasteiger partial charge >= 0.3 is 0 Å². The van der Waals surface area contributed by atoms with E-state index in [0.29, 0.717) is 0 Å². The van der Waals surface area contributed by atoms with E-state index in [9.17, 15) is 0 Å². The van der Waals surface area contributed by atoms with Gasteiger partial charge in [-0.1, -0.05) is 0 Å². The number of hydrogen-bond acceptors (Lipinski definition) is 2. The zero-order valence-corrected chi connectivity index (χ0v) is 4.39. The molecule has 0 aliphatic rings. The highest BCUT2D eigenvalue weighted by molar-refractivity contribution is 4.80. The molecule has 0 N–H and O–H groups in total. The molecular formula is C5H7O2. The van der Waals surface area contributed by atoms with Crippen molar-refractivity contribution in [1.29, 1.82) is 0 Å². The Kier molecular flexibility index (Phi) is 3.39. The minimum absolute atomic E-state index is 0.597. The molecule has 39 valence electrons. The van der Waals surface area contributed by atoms with Crippen molar-refractivity contribution in [3.63, 3.8) is 0 Å². The SMILES string of the molecule is [C]#CC(OC)OC. The first kappa shape index (κ1) is 6.48. The third-order valence-corrected chi connectivity index (χ3v) is 0.546. The molecule has 0 rings (SSSR count). The number of hydrogen-bond donors (Lipinski definition) is 0. The summed E-state index contributed by atoms with van der Waals surface area (Å²) in [6, 6.07) is 0. The van der Waals surface area contributed by atoms with Crippen LogP contribution in [-0.2, 0) is 9.47 Å². The summed E-state index contributed by atoms with van der Waals surface area (Å²) in [5.74, 6) is 2.01. The van der Waals surface area contributed by atoms with Gasteiger partial charge in [0.15, 0.2) is 0 Å². The van der Waals surface area contributed by atoms with Crippen molar-refractivity contribution in [2.75, 3.05) is 14.2 Å². The maximum Gasteiger partial charge on any atom is 0.222 e. The fourth-order valence-electron chi connectivity index (χ4n) is 0.214. The molecule has 0 fully saturated rings. The maximum atomic E-state index is 6.46. The number of ether oxygens (including phenoxy) is 2. The highest BCUT2D eigenvalue weighted by atomic mass is 16.7. The summed E-state index contributed by atoms with van der Waals surface area (Å²) in [4.78, 5) is 0. The smallest absolute Gasteiger partial charge is 0.222 e. The molecule has 0 saturated carbocycles. The van der Waals surface area contributed by atoms with E-state index in [4.69, 9.17) is 6.42 Å². The molecule has 2 nitrogen and oxygen atoms in total. The van der Waals surface area contributed by atoms with Crippen LogP contribution in [0.4, 0.5) is 0 Å². The van der Waals surface area contributed by atoms with Crippen molar-refractivity contribution in [2.24, 2.45) is 0 Å². The molecule has 0 aliphatic carbocycles. The van der Waals surface area contributed by atoms with Crippen LogP contribution >= 0.6 is 0 Å². The molecule has 0 amide bonds. The molecule has 2 heteroatoms. The van der Waals surface area contributed by atoms with Gasteiger partial charge in [0.1, 0.15) is 0 Å². The van der Waals surface area contributed by atoms with Gasteiger partial charge in [0, 0.05) is 14.2 Å². The molecule has 0 saturated heterocycles. The fourth-order valence-corrected chi connectivity index (χ4v) is 0.214. The summed E-state index contributed by atoms with van der Waals surface area (Å²) >= 11 is 0. The molecule has 0 heterocycles. The zero-order chi connectivity index (χ0) is 5.70. The Morgan fingerprint density at radius 3 is 1.86 bits per heavy atom. The summed E-state index contributed by atoms with van der Waals surface area (Å²) in [5, 5.41) is 0. The van der Waals surface area contributed by atoms with Gasteiger partial charge in [-0.15, -0.1) is 0 Å². The van der Waals surface area contributed by atoms with Crippen LogP contribution in [0.3, 0.4) is 0 Å². The van der Waals surface area contributed by atoms with Gasteiger partial charge < -0.3 is 9.47 Å². The molecule has 0 aromatic carbocycles. The second-order valence-corrected chi connectivity index (χ2v) is 0.948. The van der Waals surface area contributed by atoms with E-state index in [2.05, 4.69) is 9.47 Å². The van der Waals surface area contributed by atoms with Crippen LogP contribution in [0.2, 0.25) is 0 Å². The van der Waals surface area contributed by atoms with E-state index in [1.807, 2.05) is 5.92 Å². The van der Waals surface area contributed by atoms with Crippen LogP contribution in [0.1, 0.15) is 0 Å². The normalized spacial score (nSPS) is 8.86. The van der Waals surface area contributed by atoms with Crippen LogP contribution < -0.4 is 0 Å². The quantitative estimate of drug-likeness (QED) is 0.363. The molecule has 0 aliphatic heterocycles. The van der Waals surface area contributed by atoms with Crippen LogP contribution in [0, 0.1) is 12.3 Å². The summed E-state index contributed by atoms with van der Waals surface area (Å²) < 4.78 is 9.06. The lowest BCUT2D eigenvalue weighted by Gasteiger charge is -2.01. The Balaban J connectivity index is 3.23. The van der Waals surface area contributed by atoms with Gasteiger partial charge in [-0.05, 0) is 12.3 Å². The van der Waals surface area contributed by atoms with Crippen LogP contribution in [0.5, 0.6) is 0 Å². The van der Waals surface area contributed by atoms with Gasteiger partial charge in [-0.2, -0.15) is 0 Å². The van der Waals surface area contributed by atoms with E-state index < -0.39 is 6.29 Å². The molecular weight excluding hydrogens is 92.1 g/mol. The Morgan fingerprint density at radius 1 is 1.43 bits per heavy atom.